The first kappa shape index (κ1) is 13.8. The van der Waals surface area contributed by atoms with E-state index in [1.807, 2.05) is 54.6 Å². The molecule has 0 radical (unpaired) electrons. The van der Waals surface area contributed by atoms with Crippen LogP contribution < -0.4 is 0 Å². The predicted octanol–water partition coefficient (Wildman–Crippen LogP) is 3.29. The van der Waals surface area contributed by atoms with E-state index in [0.29, 0.717) is 11.6 Å². The maximum Gasteiger partial charge on any atom is 0.114 e. The van der Waals surface area contributed by atoms with E-state index in [1.54, 1.807) is 10.8 Å². The predicted molar refractivity (Wildman–Crippen MR) is 82.9 cm³/mol. The number of aliphatic hydroxyl groups excluding tert-OH is 1. The summed E-state index contributed by atoms with van der Waals surface area (Å²) in [6.45, 7) is 0.462. The third kappa shape index (κ3) is 2.96. The molecule has 0 aliphatic rings. The Morgan fingerprint density at radius 3 is 2.67 bits per heavy atom. The second kappa shape index (κ2) is 6.08. The van der Waals surface area contributed by atoms with Crippen molar-refractivity contribution in [2.75, 3.05) is 0 Å². The Morgan fingerprint density at radius 1 is 1.14 bits per heavy atom. The van der Waals surface area contributed by atoms with E-state index in [9.17, 15) is 5.11 Å². The van der Waals surface area contributed by atoms with Gasteiger partial charge in [-0.2, -0.15) is 0 Å². The number of rotatable bonds is 4. The summed E-state index contributed by atoms with van der Waals surface area (Å²) < 4.78 is 1.75. The summed E-state index contributed by atoms with van der Waals surface area (Å²) in [6, 6.07) is 17.0. The van der Waals surface area contributed by atoms with Gasteiger partial charge >= 0.3 is 0 Å². The van der Waals surface area contributed by atoms with Crippen LogP contribution in [-0.4, -0.2) is 20.1 Å². The molecule has 0 saturated carbocycles. The van der Waals surface area contributed by atoms with Crippen molar-refractivity contribution in [3.63, 3.8) is 0 Å². The van der Waals surface area contributed by atoms with Crippen LogP contribution in [0.1, 0.15) is 11.7 Å². The molecule has 0 aliphatic carbocycles. The number of allylic oxidation sites excluding steroid dienone is 1. The molecule has 0 saturated heterocycles. The van der Waals surface area contributed by atoms with E-state index in [2.05, 4.69) is 10.3 Å². The molecule has 5 heteroatoms. The van der Waals surface area contributed by atoms with Crippen LogP contribution in [0.3, 0.4) is 0 Å². The molecular formula is C16H14ClN3O. The number of aliphatic hydroxyl groups is 1. The molecule has 21 heavy (non-hydrogen) atoms. The number of benzene rings is 2. The van der Waals surface area contributed by atoms with Gasteiger partial charge in [0.15, 0.2) is 0 Å². The summed E-state index contributed by atoms with van der Waals surface area (Å²) in [5.41, 5.74) is 2.54. The average Bonchev–Trinajstić information content (AvgIpc) is 2.96. The monoisotopic (exact) mass is 299 g/mol. The number of aromatic nitrogens is 3. The molecule has 2 aromatic carbocycles. The van der Waals surface area contributed by atoms with Crippen LogP contribution in [0.4, 0.5) is 0 Å². The second-order valence-corrected chi connectivity index (χ2v) is 5.10. The van der Waals surface area contributed by atoms with E-state index in [4.69, 9.17) is 11.6 Å². The number of halogens is 1. The Balaban J connectivity index is 1.79. The van der Waals surface area contributed by atoms with Gasteiger partial charge in [0, 0.05) is 5.03 Å². The van der Waals surface area contributed by atoms with Crippen LogP contribution in [0, 0.1) is 0 Å². The topological polar surface area (TPSA) is 50.9 Å². The Bertz CT molecular complexity index is 767. The van der Waals surface area contributed by atoms with Gasteiger partial charge < -0.3 is 5.11 Å². The van der Waals surface area contributed by atoms with Crippen LogP contribution in [-0.2, 0) is 6.54 Å². The smallest absolute Gasteiger partial charge is 0.114 e. The summed E-state index contributed by atoms with van der Waals surface area (Å²) in [7, 11) is 0. The summed E-state index contributed by atoms with van der Waals surface area (Å²) in [5.74, 6) is 0. The Labute approximate surface area is 127 Å². The minimum atomic E-state index is -0.817. The Morgan fingerprint density at radius 2 is 1.86 bits per heavy atom. The Kier molecular flexibility index (Phi) is 3.99. The largest absolute Gasteiger partial charge is 0.383 e. The van der Waals surface area contributed by atoms with Crippen molar-refractivity contribution in [3.05, 3.63) is 71.3 Å². The third-order valence-corrected chi connectivity index (χ3v) is 3.62. The van der Waals surface area contributed by atoms with E-state index in [1.165, 1.54) is 0 Å². The molecule has 0 spiro atoms. The molecule has 0 fully saturated rings. The molecule has 3 aromatic rings. The van der Waals surface area contributed by atoms with Crippen molar-refractivity contribution in [1.29, 1.82) is 0 Å². The quantitative estimate of drug-likeness (QED) is 0.804. The summed E-state index contributed by atoms with van der Waals surface area (Å²) in [4.78, 5) is 0. The number of nitrogens with zero attached hydrogens (tertiary/aromatic N) is 3. The fraction of sp³-hybridized carbons (Fsp3) is 0.125. The van der Waals surface area contributed by atoms with Gasteiger partial charge in [-0.3, -0.25) is 0 Å². The maximum atomic E-state index is 10.2. The molecular weight excluding hydrogens is 286 g/mol. The average molecular weight is 300 g/mol. The minimum absolute atomic E-state index is 0.376. The van der Waals surface area contributed by atoms with E-state index in [0.717, 1.165) is 16.6 Å². The van der Waals surface area contributed by atoms with Crippen LogP contribution in [0.15, 0.2) is 65.7 Å². The lowest BCUT2D eigenvalue weighted by Gasteiger charge is -2.09. The van der Waals surface area contributed by atoms with Gasteiger partial charge in [-0.1, -0.05) is 59.3 Å². The van der Waals surface area contributed by atoms with E-state index < -0.39 is 6.10 Å². The normalized spacial score (nSPS) is 13.5. The lowest BCUT2D eigenvalue weighted by Crippen LogP contribution is -2.01. The highest BCUT2D eigenvalue weighted by Crippen LogP contribution is 2.24. The highest BCUT2D eigenvalue weighted by Gasteiger charge is 2.11. The van der Waals surface area contributed by atoms with Crippen LogP contribution in [0.2, 0.25) is 0 Å². The summed E-state index contributed by atoms with van der Waals surface area (Å²) in [5, 5.41) is 18.7. The summed E-state index contributed by atoms with van der Waals surface area (Å²) in [6.07, 6.45) is 0.933. The molecule has 4 nitrogen and oxygen atoms in total. The van der Waals surface area contributed by atoms with Crippen LogP contribution in [0.5, 0.6) is 0 Å². The van der Waals surface area contributed by atoms with Crippen LogP contribution >= 0.6 is 11.6 Å². The molecule has 0 aliphatic heterocycles. The molecule has 1 heterocycles. The summed E-state index contributed by atoms with van der Waals surface area (Å²) >= 11 is 6.18. The highest BCUT2D eigenvalue weighted by molar-refractivity contribution is 6.30. The molecule has 0 bridgehead atoms. The highest BCUT2D eigenvalue weighted by atomic mass is 35.5. The number of hydrogen-bond acceptors (Lipinski definition) is 3. The van der Waals surface area contributed by atoms with Gasteiger partial charge in [0.25, 0.3) is 0 Å². The van der Waals surface area contributed by atoms with E-state index >= 15 is 0 Å². The molecule has 0 unspecified atom stereocenters. The number of hydrogen-bond donors (Lipinski definition) is 1. The van der Waals surface area contributed by atoms with Gasteiger partial charge in [-0.25, -0.2) is 4.68 Å². The molecule has 0 amide bonds. The molecule has 3 rings (SSSR count). The van der Waals surface area contributed by atoms with Crippen molar-refractivity contribution in [3.8, 4) is 0 Å². The van der Waals surface area contributed by atoms with Gasteiger partial charge in [0.05, 0.1) is 12.1 Å². The number of para-hydroxylation sites is 1. The van der Waals surface area contributed by atoms with Gasteiger partial charge in [-0.05, 0) is 23.8 Å². The zero-order valence-electron chi connectivity index (χ0n) is 11.2. The standard InChI is InChI=1S/C16H14ClN3O/c17-13(16(21)12-6-2-1-3-7-12)10-11-20-15-9-5-4-8-14(15)18-19-20/h1-10,16,21H,11H2/b13-10-/t16-/m1/s1. The van der Waals surface area contributed by atoms with Gasteiger partial charge in [0.1, 0.15) is 11.6 Å². The third-order valence-electron chi connectivity index (χ3n) is 3.26. The molecule has 1 aromatic heterocycles. The zero-order valence-corrected chi connectivity index (χ0v) is 12.0. The molecule has 1 N–H and O–H groups in total. The second-order valence-electron chi connectivity index (χ2n) is 4.66. The first-order valence-electron chi connectivity index (χ1n) is 6.62. The van der Waals surface area contributed by atoms with Crippen molar-refractivity contribution >= 4 is 22.6 Å². The van der Waals surface area contributed by atoms with Gasteiger partial charge in [0.2, 0.25) is 0 Å². The van der Waals surface area contributed by atoms with Crippen LogP contribution in [0.25, 0.3) is 11.0 Å². The fourth-order valence-electron chi connectivity index (χ4n) is 2.13. The molecule has 106 valence electrons. The maximum absolute atomic E-state index is 10.2. The van der Waals surface area contributed by atoms with Crippen molar-refractivity contribution in [2.45, 2.75) is 12.6 Å². The fourth-order valence-corrected chi connectivity index (χ4v) is 2.33. The zero-order chi connectivity index (χ0) is 14.7. The first-order valence-corrected chi connectivity index (χ1v) is 7.00. The van der Waals surface area contributed by atoms with Crippen molar-refractivity contribution in [2.24, 2.45) is 0 Å². The van der Waals surface area contributed by atoms with Crippen molar-refractivity contribution in [1.82, 2.24) is 15.0 Å². The van der Waals surface area contributed by atoms with Gasteiger partial charge in [-0.15, -0.1) is 5.10 Å². The lowest BCUT2D eigenvalue weighted by atomic mass is 10.1. The van der Waals surface area contributed by atoms with E-state index in [-0.39, 0.29) is 0 Å². The minimum Gasteiger partial charge on any atom is -0.383 e. The lowest BCUT2D eigenvalue weighted by molar-refractivity contribution is 0.223. The van der Waals surface area contributed by atoms with Crippen molar-refractivity contribution < 1.29 is 5.11 Å². The Hall–Kier alpha value is -2.17. The number of fused-ring (bicyclic) bond motifs is 1. The molecule has 1 atom stereocenters. The SMILES string of the molecule is O[C@@H](/C(Cl)=C/Cn1nnc2ccccc21)c1ccccc1. The first-order chi connectivity index (χ1) is 10.3.